The van der Waals surface area contributed by atoms with Crippen LogP contribution in [0.1, 0.15) is 5.56 Å². The second-order valence-electron chi connectivity index (χ2n) is 4.82. The van der Waals surface area contributed by atoms with E-state index in [4.69, 9.17) is 4.42 Å². The van der Waals surface area contributed by atoms with E-state index in [9.17, 15) is 4.39 Å². The molecular formula is C17H19FN2OS. The summed E-state index contributed by atoms with van der Waals surface area (Å²) >= 11 is 4.32. The lowest BCUT2D eigenvalue weighted by Gasteiger charge is -2.13. The highest BCUT2D eigenvalue weighted by Crippen LogP contribution is 2.32. The van der Waals surface area contributed by atoms with Gasteiger partial charge < -0.3 is 14.5 Å². The van der Waals surface area contributed by atoms with E-state index >= 15 is 0 Å². The lowest BCUT2D eigenvalue weighted by Crippen LogP contribution is -2.02. The van der Waals surface area contributed by atoms with Gasteiger partial charge in [-0.25, -0.2) is 4.39 Å². The molecule has 0 aliphatic rings. The highest BCUT2D eigenvalue weighted by Gasteiger charge is 2.10. The van der Waals surface area contributed by atoms with Crippen LogP contribution < -0.4 is 10.0 Å². The second kappa shape index (κ2) is 6.85. The molecule has 2 N–H and O–H groups in total. The molecule has 0 saturated heterocycles. The molecule has 5 heteroatoms. The number of hydrogen-bond donors (Lipinski definition) is 2. The number of thiol groups is 1. The highest BCUT2D eigenvalue weighted by molar-refractivity contribution is 7.81. The maximum atomic E-state index is 13.0. The molecule has 0 saturated carbocycles. The van der Waals surface area contributed by atoms with Crippen molar-refractivity contribution >= 4 is 29.5 Å². The molecule has 0 radical (unpaired) electrons. The molecule has 0 fully saturated rings. The molecule has 3 rings (SSSR count). The van der Waals surface area contributed by atoms with Crippen LogP contribution in [0, 0.1) is 12.7 Å². The van der Waals surface area contributed by atoms with Gasteiger partial charge in [-0.15, -0.1) is 0 Å². The molecule has 22 heavy (non-hydrogen) atoms. The van der Waals surface area contributed by atoms with Crippen molar-refractivity contribution in [3.8, 4) is 11.3 Å². The van der Waals surface area contributed by atoms with E-state index in [2.05, 4.69) is 24.6 Å². The summed E-state index contributed by atoms with van der Waals surface area (Å²) in [6.07, 6.45) is 0. The van der Waals surface area contributed by atoms with Crippen LogP contribution in [0.4, 0.5) is 10.1 Å². The monoisotopic (exact) mass is 318 g/mol. The molecule has 0 atom stereocenters. The van der Waals surface area contributed by atoms with Gasteiger partial charge in [0.05, 0.1) is 5.69 Å². The van der Waals surface area contributed by atoms with Crippen LogP contribution in [0.25, 0.3) is 22.3 Å². The summed E-state index contributed by atoms with van der Waals surface area (Å²) < 4.78 is 20.6. The Bertz CT molecular complexity index is 766. The second-order valence-corrected chi connectivity index (χ2v) is 5.42. The van der Waals surface area contributed by atoms with Gasteiger partial charge in [0, 0.05) is 24.1 Å². The molecule has 0 aliphatic heterocycles. The Kier molecular flexibility index (Phi) is 5.11. The molecule has 1 aromatic heterocycles. The number of nitrogens with two attached hydrogens (primary N) is 1. The van der Waals surface area contributed by atoms with Crippen LogP contribution in [0.5, 0.6) is 0 Å². The zero-order valence-electron chi connectivity index (χ0n) is 12.8. The van der Waals surface area contributed by atoms with Crippen LogP contribution in [0.2, 0.25) is 0 Å². The quantitative estimate of drug-likeness (QED) is 0.688. The fraction of sp³-hybridized carbons (Fsp3) is 0.176. The van der Waals surface area contributed by atoms with Crippen LogP contribution in [-0.4, -0.2) is 14.1 Å². The van der Waals surface area contributed by atoms with Gasteiger partial charge in [0.25, 0.3) is 0 Å². The van der Waals surface area contributed by atoms with Gasteiger partial charge in [-0.3, -0.25) is 0 Å². The Labute approximate surface area is 135 Å². The van der Waals surface area contributed by atoms with E-state index in [1.54, 1.807) is 16.4 Å². The van der Waals surface area contributed by atoms with Crippen molar-refractivity contribution < 1.29 is 8.81 Å². The van der Waals surface area contributed by atoms with Crippen LogP contribution >= 0.6 is 12.8 Å². The van der Waals surface area contributed by atoms with Gasteiger partial charge in [0.15, 0.2) is 0 Å². The fourth-order valence-corrected chi connectivity index (χ4v) is 2.51. The Morgan fingerprint density at radius 2 is 1.73 bits per heavy atom. The zero-order chi connectivity index (χ0) is 16.3. The Balaban J connectivity index is 0.000000847. The molecule has 3 nitrogen and oxygen atoms in total. The van der Waals surface area contributed by atoms with Crippen molar-refractivity contribution in [2.45, 2.75) is 6.92 Å². The first kappa shape index (κ1) is 16.4. The van der Waals surface area contributed by atoms with Gasteiger partial charge >= 0.3 is 0 Å². The fourth-order valence-electron chi connectivity index (χ4n) is 2.30. The van der Waals surface area contributed by atoms with E-state index in [-0.39, 0.29) is 5.82 Å². The number of rotatable bonds is 2. The number of furan rings is 1. The maximum Gasteiger partial charge on any atom is 0.136 e. The summed E-state index contributed by atoms with van der Waals surface area (Å²) in [7, 11) is 3.38. The van der Waals surface area contributed by atoms with Crippen molar-refractivity contribution in [2.75, 3.05) is 18.4 Å². The molecule has 116 valence electrons. The summed E-state index contributed by atoms with van der Waals surface area (Å²) in [5, 5.41) is 1.03. The van der Waals surface area contributed by atoms with E-state index in [0.29, 0.717) is 0 Å². The summed E-state index contributed by atoms with van der Waals surface area (Å²) in [4.78, 5) is 0. The predicted octanol–water partition coefficient (Wildman–Crippen LogP) is 4.40. The van der Waals surface area contributed by atoms with Crippen molar-refractivity contribution in [3.63, 3.8) is 0 Å². The summed E-state index contributed by atoms with van der Waals surface area (Å²) in [5.41, 5.74) is 8.29. The van der Waals surface area contributed by atoms with E-state index in [0.717, 1.165) is 33.5 Å². The molecule has 0 aliphatic carbocycles. The van der Waals surface area contributed by atoms with Crippen molar-refractivity contribution in [2.24, 2.45) is 5.73 Å². The molecule has 0 bridgehead atoms. The number of nitrogens with zero attached hydrogens (tertiary/aromatic N) is 1. The average Bonchev–Trinajstić information content (AvgIpc) is 2.91. The number of anilines is 1. The predicted molar refractivity (Wildman–Crippen MR) is 93.8 cm³/mol. The van der Waals surface area contributed by atoms with Gasteiger partial charge in [-0.05, 0) is 55.9 Å². The third kappa shape index (κ3) is 3.26. The van der Waals surface area contributed by atoms with Crippen molar-refractivity contribution in [3.05, 3.63) is 53.8 Å². The average molecular weight is 318 g/mol. The van der Waals surface area contributed by atoms with Gasteiger partial charge in [-0.1, -0.05) is 12.8 Å². The first-order valence-electron chi connectivity index (χ1n) is 6.85. The standard InChI is InChI=1S/C16H14FNOS.CH5N/c1-10-7-12-8-15(11-3-5-13(17)6-4-11)19-16(12)9-14(10)18(2)20;1-2/h3-9,20H,1-2H3;2H2,1H3. The number of benzene rings is 2. The Hall–Kier alpha value is -1.98. The maximum absolute atomic E-state index is 13.0. The molecule has 2 aromatic carbocycles. The van der Waals surface area contributed by atoms with Gasteiger partial charge in [0.1, 0.15) is 17.2 Å². The Morgan fingerprint density at radius 3 is 2.32 bits per heavy atom. The first-order valence-corrected chi connectivity index (χ1v) is 7.25. The summed E-state index contributed by atoms with van der Waals surface area (Å²) in [6.45, 7) is 2.03. The molecule has 0 unspecified atom stereocenters. The van der Waals surface area contributed by atoms with E-state index < -0.39 is 0 Å². The van der Waals surface area contributed by atoms with Crippen LogP contribution in [-0.2, 0) is 0 Å². The topological polar surface area (TPSA) is 42.4 Å². The Morgan fingerprint density at radius 1 is 1.09 bits per heavy atom. The van der Waals surface area contributed by atoms with E-state index in [1.165, 1.54) is 19.2 Å². The zero-order valence-corrected chi connectivity index (χ0v) is 13.7. The lowest BCUT2D eigenvalue weighted by molar-refractivity contribution is 0.623. The third-order valence-corrected chi connectivity index (χ3v) is 3.53. The normalized spacial score (nSPS) is 10.3. The molecular weight excluding hydrogens is 299 g/mol. The van der Waals surface area contributed by atoms with Crippen molar-refractivity contribution in [1.29, 1.82) is 0 Å². The van der Waals surface area contributed by atoms with Crippen molar-refractivity contribution in [1.82, 2.24) is 0 Å². The minimum absolute atomic E-state index is 0.250. The number of aryl methyl sites for hydroxylation is 1. The summed E-state index contributed by atoms with van der Waals surface area (Å²) in [5.74, 6) is 0.484. The third-order valence-electron chi connectivity index (χ3n) is 3.31. The lowest BCUT2D eigenvalue weighted by atomic mass is 10.1. The number of fused-ring (bicyclic) bond motifs is 1. The van der Waals surface area contributed by atoms with Gasteiger partial charge in [-0.2, -0.15) is 0 Å². The summed E-state index contributed by atoms with van der Waals surface area (Å²) in [6, 6.07) is 12.3. The first-order chi connectivity index (χ1) is 10.5. The molecule has 0 spiro atoms. The number of halogens is 1. The SMILES string of the molecule is CN.Cc1cc2cc(-c3ccc(F)cc3)oc2cc1N(C)S. The largest absolute Gasteiger partial charge is 0.456 e. The smallest absolute Gasteiger partial charge is 0.136 e. The van der Waals surface area contributed by atoms with Crippen LogP contribution in [0.15, 0.2) is 46.9 Å². The molecule has 3 aromatic rings. The van der Waals surface area contributed by atoms with Crippen LogP contribution in [0.3, 0.4) is 0 Å². The van der Waals surface area contributed by atoms with Gasteiger partial charge in [0.2, 0.25) is 0 Å². The minimum Gasteiger partial charge on any atom is -0.456 e. The minimum atomic E-state index is -0.250. The van der Waals surface area contributed by atoms with E-state index in [1.807, 2.05) is 26.1 Å². The molecule has 0 amide bonds. The molecule has 1 heterocycles. The highest BCUT2D eigenvalue weighted by atomic mass is 32.1. The number of hydrogen-bond acceptors (Lipinski definition) is 4.